The molecule has 0 atom stereocenters. The molecule has 0 rings (SSSR count). The van der Waals surface area contributed by atoms with E-state index in [0.717, 1.165) is 0 Å². The summed E-state index contributed by atoms with van der Waals surface area (Å²) in [4.78, 5) is 0. The molecule has 0 bridgehead atoms. The van der Waals surface area contributed by atoms with E-state index in [-0.39, 0.29) is 0 Å². The highest BCUT2D eigenvalue weighted by Gasteiger charge is 2.04. The van der Waals surface area contributed by atoms with E-state index in [1.807, 2.05) is 0 Å². The quantitative estimate of drug-likeness (QED) is 0.0599. The molecule has 0 aliphatic heterocycles. The van der Waals surface area contributed by atoms with E-state index in [2.05, 4.69) is 19.2 Å². The molecular weight excluding hydrogens is 1200 g/mol. The van der Waals surface area contributed by atoms with Gasteiger partial charge in [0, 0.05) is 0 Å². The van der Waals surface area contributed by atoms with Crippen LogP contribution in [0.2, 0.25) is 0 Å². The zero-order valence-electron chi connectivity index (χ0n) is 71.1. The minimum atomic E-state index is 1.25. The Morgan fingerprint density at radius 2 is 0.140 bits per heavy atom. The molecule has 0 heterocycles. The van der Waals surface area contributed by atoms with Gasteiger partial charge in [0.1, 0.15) is 0 Å². The Morgan fingerprint density at radius 1 is 0.0800 bits per heavy atom. The summed E-state index contributed by atoms with van der Waals surface area (Å²) < 4.78 is 0. The van der Waals surface area contributed by atoms with Crippen LogP contribution in [0.4, 0.5) is 0 Å². The minimum Gasteiger partial charge on any atom is -0.317 e. The van der Waals surface area contributed by atoms with E-state index in [0.29, 0.717) is 0 Å². The third-order valence-corrected chi connectivity index (χ3v) is 24.2. The molecule has 0 saturated carbocycles. The maximum absolute atomic E-state index is 3.72. The second-order valence-corrected chi connectivity index (χ2v) is 34.6. The van der Waals surface area contributed by atoms with Crippen molar-refractivity contribution in [2.75, 3.05) is 13.1 Å². The van der Waals surface area contributed by atoms with Gasteiger partial charge in [-0.25, -0.2) is 0 Å². The Kier molecular flexibility index (Phi) is 98.9. The Bertz CT molecular complexity index is 1210. The van der Waals surface area contributed by atoms with Gasteiger partial charge in [-0.1, -0.05) is 611 Å². The highest BCUT2D eigenvalue weighted by atomic mass is 14.8. The van der Waals surface area contributed by atoms with Crippen molar-refractivity contribution in [3.63, 3.8) is 0 Å². The van der Waals surface area contributed by atoms with Crippen LogP contribution >= 0.6 is 0 Å². The van der Waals surface area contributed by atoms with Gasteiger partial charge in [0.15, 0.2) is 0 Å². The Labute approximate surface area is 638 Å². The SMILES string of the molecule is CCCCCCCCCCCCCCCCCCCCCCCCCCCCCCCCCCCCCCCCCCCCCCCCCCCCCCCCCCCCCCCCCCCCCCCCCCCCCCCCCCCCNCCCCCCCCCCCCCCC. The number of rotatable bonds is 97. The molecule has 0 aromatic rings. The zero-order chi connectivity index (χ0) is 71.3. The molecule has 0 unspecified atom stereocenters. The van der Waals surface area contributed by atoms with Crippen molar-refractivity contribution in [2.45, 2.75) is 624 Å². The summed E-state index contributed by atoms with van der Waals surface area (Å²) in [5.41, 5.74) is 0. The molecule has 0 aliphatic carbocycles. The summed E-state index contributed by atoms with van der Waals surface area (Å²) in [5, 5.41) is 3.72. The fourth-order valence-corrected chi connectivity index (χ4v) is 16.9. The summed E-state index contributed by atoms with van der Waals surface area (Å²) in [6.45, 7) is 7.13. The lowest BCUT2D eigenvalue weighted by Gasteiger charge is -2.06. The van der Waals surface area contributed by atoms with Gasteiger partial charge >= 0.3 is 0 Å². The van der Waals surface area contributed by atoms with Crippen LogP contribution in [0.15, 0.2) is 0 Å². The van der Waals surface area contributed by atoms with Crippen molar-refractivity contribution in [1.29, 1.82) is 0 Å². The van der Waals surface area contributed by atoms with E-state index in [1.54, 1.807) is 0 Å². The molecule has 1 nitrogen and oxygen atoms in total. The van der Waals surface area contributed by atoms with Crippen LogP contribution in [0.5, 0.6) is 0 Å². The molecule has 0 aromatic carbocycles. The number of hydrogen-bond acceptors (Lipinski definition) is 1. The first-order valence-corrected chi connectivity index (χ1v) is 49.6. The normalized spacial score (nSPS) is 11.8. The van der Waals surface area contributed by atoms with Crippen molar-refractivity contribution < 1.29 is 0 Å². The van der Waals surface area contributed by atoms with E-state index < -0.39 is 0 Å². The summed E-state index contributed by atoms with van der Waals surface area (Å²) in [6, 6.07) is 0. The van der Waals surface area contributed by atoms with E-state index in [4.69, 9.17) is 0 Å². The first-order chi connectivity index (χ1) is 49.9. The molecule has 0 saturated heterocycles. The molecule has 0 radical (unpaired) electrons. The van der Waals surface area contributed by atoms with Crippen LogP contribution in [0.1, 0.15) is 624 Å². The molecule has 0 aromatic heterocycles. The molecule has 0 aliphatic rings. The Hall–Kier alpha value is -0.0400. The lowest BCUT2D eigenvalue weighted by atomic mass is 10.0. The molecule has 0 fully saturated rings. The van der Waals surface area contributed by atoms with Crippen molar-refractivity contribution in [2.24, 2.45) is 0 Å². The number of hydrogen-bond donors (Lipinski definition) is 1. The predicted octanol–water partition coefficient (Wildman–Crippen LogP) is 37.7. The molecule has 1 N–H and O–H groups in total. The molecule has 1 heteroatoms. The molecular formula is C99H201N. The van der Waals surface area contributed by atoms with Gasteiger partial charge in [-0.05, 0) is 25.9 Å². The first-order valence-electron chi connectivity index (χ1n) is 49.6. The van der Waals surface area contributed by atoms with Crippen molar-refractivity contribution in [3.8, 4) is 0 Å². The average molecular weight is 1410 g/mol. The number of unbranched alkanes of at least 4 members (excludes halogenated alkanes) is 93. The van der Waals surface area contributed by atoms with E-state index >= 15 is 0 Å². The fraction of sp³-hybridized carbons (Fsp3) is 1.00. The third kappa shape index (κ3) is 98.0. The molecule has 602 valence electrons. The van der Waals surface area contributed by atoms with Gasteiger partial charge in [0.25, 0.3) is 0 Å². The van der Waals surface area contributed by atoms with Gasteiger partial charge in [-0.2, -0.15) is 0 Å². The highest BCUT2D eigenvalue weighted by Crippen LogP contribution is 2.23. The summed E-state index contributed by atoms with van der Waals surface area (Å²) >= 11 is 0. The summed E-state index contributed by atoms with van der Waals surface area (Å²) in [6.07, 6.45) is 141. The lowest BCUT2D eigenvalue weighted by molar-refractivity contribution is 0.505. The van der Waals surface area contributed by atoms with Gasteiger partial charge in [0.05, 0.1) is 0 Å². The van der Waals surface area contributed by atoms with E-state index in [1.165, 1.54) is 623 Å². The summed E-state index contributed by atoms with van der Waals surface area (Å²) in [5.74, 6) is 0. The largest absolute Gasteiger partial charge is 0.317 e. The average Bonchev–Trinajstić information content (AvgIpc) is 3.66. The maximum Gasteiger partial charge on any atom is -0.00489 e. The van der Waals surface area contributed by atoms with E-state index in [9.17, 15) is 0 Å². The second-order valence-electron chi connectivity index (χ2n) is 34.6. The first kappa shape index (κ1) is 100.0. The van der Waals surface area contributed by atoms with Crippen LogP contribution in [0.25, 0.3) is 0 Å². The lowest BCUT2D eigenvalue weighted by Crippen LogP contribution is -2.16. The van der Waals surface area contributed by atoms with Gasteiger partial charge in [0.2, 0.25) is 0 Å². The van der Waals surface area contributed by atoms with Gasteiger partial charge < -0.3 is 5.32 Å². The maximum atomic E-state index is 3.72. The molecule has 100 heavy (non-hydrogen) atoms. The van der Waals surface area contributed by atoms with Gasteiger partial charge in [-0.3, -0.25) is 0 Å². The second kappa shape index (κ2) is 99.0. The third-order valence-electron chi connectivity index (χ3n) is 24.2. The Morgan fingerprint density at radius 3 is 0.210 bits per heavy atom. The topological polar surface area (TPSA) is 12.0 Å². The zero-order valence-corrected chi connectivity index (χ0v) is 71.1. The van der Waals surface area contributed by atoms with Crippen LogP contribution in [0.3, 0.4) is 0 Å². The standard InChI is InChI=1S/C99H201N/c1-3-5-7-9-11-13-15-17-18-19-20-21-22-23-24-25-26-27-28-29-30-31-32-33-34-35-36-37-38-39-40-41-42-43-44-45-46-47-48-49-50-51-52-53-54-55-56-57-58-59-60-61-62-63-64-65-66-67-68-69-70-71-72-73-74-75-76-77-78-79-80-81-82-83-84-85-87-89-91-93-95-97-99-100-98-96-94-92-90-88-86-16-14-12-10-8-6-4-2/h100H,3-99H2,1-2H3. The Balaban J connectivity index is 3.09. The predicted molar refractivity (Wildman–Crippen MR) is 463 cm³/mol. The molecule has 0 amide bonds. The van der Waals surface area contributed by atoms with Gasteiger partial charge in [-0.15, -0.1) is 0 Å². The summed E-state index contributed by atoms with van der Waals surface area (Å²) in [7, 11) is 0. The smallest absolute Gasteiger partial charge is 0.00489 e. The highest BCUT2D eigenvalue weighted by molar-refractivity contribution is 4.60. The van der Waals surface area contributed by atoms with Crippen LogP contribution in [0, 0.1) is 0 Å². The fourth-order valence-electron chi connectivity index (χ4n) is 16.9. The van der Waals surface area contributed by atoms with Crippen LogP contribution in [-0.2, 0) is 0 Å². The van der Waals surface area contributed by atoms with Crippen molar-refractivity contribution in [3.05, 3.63) is 0 Å². The monoisotopic (exact) mass is 1400 g/mol. The van der Waals surface area contributed by atoms with Crippen molar-refractivity contribution >= 4 is 0 Å². The van der Waals surface area contributed by atoms with Crippen molar-refractivity contribution in [1.82, 2.24) is 5.32 Å². The molecule has 0 spiro atoms. The van der Waals surface area contributed by atoms with Crippen LogP contribution < -0.4 is 5.32 Å². The van der Waals surface area contributed by atoms with Crippen LogP contribution in [-0.4, -0.2) is 13.1 Å². The minimum absolute atomic E-state index is 1.25. The number of nitrogens with one attached hydrogen (secondary N) is 1.